The van der Waals surface area contributed by atoms with Crippen molar-refractivity contribution in [3.05, 3.63) is 33.1 Å². The molecule has 0 aliphatic heterocycles. The summed E-state index contributed by atoms with van der Waals surface area (Å²) in [6, 6.07) is 1.25. The van der Waals surface area contributed by atoms with Crippen molar-refractivity contribution in [3.63, 3.8) is 0 Å². The van der Waals surface area contributed by atoms with Crippen LogP contribution in [-0.4, -0.2) is 29.5 Å². The summed E-state index contributed by atoms with van der Waals surface area (Å²) in [5.74, 6) is 0.271. The topological polar surface area (TPSA) is 114 Å². The minimum atomic E-state index is -3.77. The van der Waals surface area contributed by atoms with Crippen molar-refractivity contribution in [2.75, 3.05) is 6.54 Å². The van der Waals surface area contributed by atoms with Crippen LogP contribution in [0.2, 0.25) is 0 Å². The van der Waals surface area contributed by atoms with Crippen LogP contribution in [0.1, 0.15) is 39.5 Å². The fourth-order valence-corrected chi connectivity index (χ4v) is 3.70. The molecule has 0 amide bonds. The van der Waals surface area contributed by atoms with E-state index in [4.69, 9.17) is 0 Å². The van der Waals surface area contributed by atoms with Crippen molar-refractivity contribution in [2.24, 2.45) is 13.0 Å². The lowest BCUT2D eigenvalue weighted by Crippen LogP contribution is -2.31. The molecule has 0 saturated carbocycles. The number of nitrogens with zero attached hydrogens (tertiary/aromatic N) is 2. The number of pyridine rings is 1. The molecule has 2 aromatic rings. The monoisotopic (exact) mass is 368 g/mol. The molecule has 0 aliphatic carbocycles. The van der Waals surface area contributed by atoms with E-state index < -0.39 is 21.3 Å². The number of aryl methyl sites for hydroxylation is 1. The number of sulfonamides is 1. The molecule has 9 heteroatoms. The van der Waals surface area contributed by atoms with Gasteiger partial charge in [0.15, 0.2) is 0 Å². The van der Waals surface area contributed by atoms with E-state index in [0.717, 1.165) is 31.9 Å². The van der Waals surface area contributed by atoms with Crippen molar-refractivity contribution in [1.29, 1.82) is 0 Å². The van der Waals surface area contributed by atoms with Gasteiger partial charge in [0.05, 0.1) is 5.39 Å². The lowest BCUT2D eigenvalue weighted by molar-refractivity contribution is 0.443. The van der Waals surface area contributed by atoms with Gasteiger partial charge in [-0.15, -0.1) is 0 Å². The van der Waals surface area contributed by atoms with Crippen molar-refractivity contribution in [3.8, 4) is 0 Å². The van der Waals surface area contributed by atoms with E-state index in [1.165, 1.54) is 17.7 Å². The highest BCUT2D eigenvalue weighted by Gasteiger charge is 2.18. The summed E-state index contributed by atoms with van der Waals surface area (Å²) in [6.45, 7) is 4.48. The molecule has 1 atom stereocenters. The molecule has 0 radical (unpaired) electrons. The molecule has 0 bridgehead atoms. The lowest BCUT2D eigenvalue weighted by atomic mass is 10.00. The average molecular weight is 368 g/mol. The van der Waals surface area contributed by atoms with Gasteiger partial charge >= 0.3 is 5.69 Å². The number of fused-ring (bicyclic) bond motifs is 1. The van der Waals surface area contributed by atoms with E-state index >= 15 is 0 Å². The molecule has 0 spiro atoms. The number of aromatic amines is 1. The Morgan fingerprint density at radius 2 is 2.04 bits per heavy atom. The number of hydrogen-bond donors (Lipinski definition) is 2. The Labute approximate surface area is 146 Å². The zero-order valence-electron chi connectivity index (χ0n) is 14.7. The summed E-state index contributed by atoms with van der Waals surface area (Å²) in [4.78, 5) is 29.5. The van der Waals surface area contributed by atoms with E-state index in [1.807, 2.05) is 6.92 Å². The maximum atomic E-state index is 12.5. The molecule has 0 fully saturated rings. The van der Waals surface area contributed by atoms with Crippen LogP contribution in [0.15, 0.2) is 26.7 Å². The zero-order chi connectivity index (χ0) is 18.6. The molecule has 138 valence electrons. The summed E-state index contributed by atoms with van der Waals surface area (Å²) in [5.41, 5.74) is -1.11. The van der Waals surface area contributed by atoms with Gasteiger partial charge < -0.3 is 0 Å². The summed E-state index contributed by atoms with van der Waals surface area (Å²) < 4.78 is 28.8. The third kappa shape index (κ3) is 4.35. The number of nitrogens with one attached hydrogen (secondary N) is 2. The van der Waals surface area contributed by atoms with Gasteiger partial charge in [-0.25, -0.2) is 22.9 Å². The summed E-state index contributed by atoms with van der Waals surface area (Å²) >= 11 is 0. The first-order chi connectivity index (χ1) is 11.8. The maximum Gasteiger partial charge on any atom is 0.329 e. The van der Waals surface area contributed by atoms with Gasteiger partial charge in [0, 0.05) is 19.8 Å². The van der Waals surface area contributed by atoms with Gasteiger partial charge in [-0.3, -0.25) is 14.3 Å². The second-order valence-corrected chi connectivity index (χ2v) is 7.90. The van der Waals surface area contributed by atoms with Crippen LogP contribution in [0.3, 0.4) is 0 Å². The first kappa shape index (κ1) is 19.3. The molecule has 8 nitrogen and oxygen atoms in total. The molecule has 0 aromatic carbocycles. The third-order valence-electron chi connectivity index (χ3n) is 4.34. The number of rotatable bonds is 8. The van der Waals surface area contributed by atoms with Gasteiger partial charge in [-0.05, 0) is 18.4 Å². The highest BCUT2D eigenvalue weighted by atomic mass is 32.2. The number of H-pyrrole nitrogens is 1. The second kappa shape index (κ2) is 7.92. The fraction of sp³-hybridized carbons (Fsp3) is 0.562. The smallest absolute Gasteiger partial charge is 0.281 e. The van der Waals surface area contributed by atoms with E-state index in [1.54, 1.807) is 0 Å². The third-order valence-corrected chi connectivity index (χ3v) is 5.74. The number of hydrogen-bond acceptors (Lipinski definition) is 5. The van der Waals surface area contributed by atoms with Crippen LogP contribution in [0, 0.1) is 5.92 Å². The van der Waals surface area contributed by atoms with Crippen LogP contribution >= 0.6 is 0 Å². The Hall–Kier alpha value is -2.00. The standard InChI is InChI=1S/C16H24N4O4S/c1-4-6-7-11(5-2)9-18-25(23,24)12-8-13-14(17-10-12)20(3)16(22)19-15(13)21/h8,10-11,18H,4-7,9H2,1-3H3,(H,19,21,22). The Morgan fingerprint density at radius 3 is 2.68 bits per heavy atom. The molecular weight excluding hydrogens is 344 g/mol. The Kier molecular flexibility index (Phi) is 6.12. The molecule has 0 saturated heterocycles. The van der Waals surface area contributed by atoms with E-state index in [-0.39, 0.29) is 21.8 Å². The Bertz CT molecular complexity index is 962. The summed E-state index contributed by atoms with van der Waals surface area (Å²) in [6.07, 6.45) is 5.14. The van der Waals surface area contributed by atoms with Gasteiger partial charge in [0.2, 0.25) is 10.0 Å². The van der Waals surface area contributed by atoms with Crippen molar-refractivity contribution in [2.45, 2.75) is 44.4 Å². The van der Waals surface area contributed by atoms with Crippen LogP contribution in [0.4, 0.5) is 0 Å². The van der Waals surface area contributed by atoms with Crippen LogP contribution < -0.4 is 16.0 Å². The predicted octanol–water partition coefficient (Wildman–Crippen LogP) is 1.12. The Morgan fingerprint density at radius 1 is 1.32 bits per heavy atom. The normalized spacial score (nSPS) is 13.2. The van der Waals surface area contributed by atoms with Crippen LogP contribution in [0.5, 0.6) is 0 Å². The average Bonchev–Trinajstić information content (AvgIpc) is 2.59. The maximum absolute atomic E-state index is 12.5. The van der Waals surface area contributed by atoms with Crippen LogP contribution in [-0.2, 0) is 17.1 Å². The molecule has 2 rings (SSSR count). The van der Waals surface area contributed by atoms with Gasteiger partial charge in [0.25, 0.3) is 5.56 Å². The SMILES string of the molecule is CCCCC(CC)CNS(=O)(=O)c1cnc2c(c1)c(=O)[nH]c(=O)n2C. The zero-order valence-corrected chi connectivity index (χ0v) is 15.5. The van der Waals surface area contributed by atoms with E-state index in [9.17, 15) is 18.0 Å². The van der Waals surface area contributed by atoms with Crippen molar-refractivity contribution in [1.82, 2.24) is 19.3 Å². The lowest BCUT2D eigenvalue weighted by Gasteiger charge is -2.15. The molecule has 2 aromatic heterocycles. The largest absolute Gasteiger partial charge is 0.329 e. The van der Waals surface area contributed by atoms with Crippen molar-refractivity contribution >= 4 is 21.1 Å². The molecule has 2 heterocycles. The second-order valence-electron chi connectivity index (χ2n) is 6.13. The van der Waals surface area contributed by atoms with E-state index in [2.05, 4.69) is 21.6 Å². The molecular formula is C16H24N4O4S. The number of unbranched alkanes of at least 4 members (excludes halogenated alkanes) is 1. The van der Waals surface area contributed by atoms with Gasteiger partial charge in [-0.1, -0.05) is 33.1 Å². The quantitative estimate of drug-likeness (QED) is 0.725. The summed E-state index contributed by atoms with van der Waals surface area (Å²) in [7, 11) is -2.32. The minimum Gasteiger partial charge on any atom is -0.281 e. The first-order valence-electron chi connectivity index (χ1n) is 8.38. The van der Waals surface area contributed by atoms with Gasteiger partial charge in [-0.2, -0.15) is 0 Å². The first-order valence-corrected chi connectivity index (χ1v) is 9.87. The number of aromatic nitrogens is 3. The van der Waals surface area contributed by atoms with Gasteiger partial charge in [0.1, 0.15) is 10.5 Å². The van der Waals surface area contributed by atoms with Crippen LogP contribution in [0.25, 0.3) is 11.0 Å². The predicted molar refractivity (Wildman–Crippen MR) is 96.1 cm³/mol. The fourth-order valence-electron chi connectivity index (χ4n) is 2.62. The van der Waals surface area contributed by atoms with E-state index in [0.29, 0.717) is 6.54 Å². The minimum absolute atomic E-state index is 0.0583. The Balaban J connectivity index is 2.31. The highest BCUT2D eigenvalue weighted by Crippen LogP contribution is 2.15. The molecule has 0 aliphatic rings. The van der Waals surface area contributed by atoms with Crippen molar-refractivity contribution < 1.29 is 8.42 Å². The highest BCUT2D eigenvalue weighted by molar-refractivity contribution is 7.89. The summed E-state index contributed by atoms with van der Waals surface area (Å²) in [5, 5.41) is 0.0583. The molecule has 2 N–H and O–H groups in total. The molecule has 1 unspecified atom stereocenters. The molecule has 25 heavy (non-hydrogen) atoms.